The fourth-order valence-corrected chi connectivity index (χ4v) is 1.84. The predicted molar refractivity (Wildman–Crippen MR) is 59.3 cm³/mol. The van der Waals surface area contributed by atoms with Gasteiger partial charge in [0.25, 0.3) is 0 Å². The highest BCUT2D eigenvalue weighted by atomic mass is 16.2. The molecule has 80 valence electrons. The zero-order valence-electron chi connectivity index (χ0n) is 8.52. The van der Waals surface area contributed by atoms with Crippen LogP contribution in [0.1, 0.15) is 12.0 Å². The van der Waals surface area contributed by atoms with Gasteiger partial charge in [0.2, 0.25) is 5.91 Å². The fourth-order valence-electron chi connectivity index (χ4n) is 1.84. The Morgan fingerprint density at radius 3 is 2.87 bits per heavy atom. The molecule has 1 aromatic rings. The molecule has 0 radical (unpaired) electrons. The van der Waals surface area contributed by atoms with Crippen LogP contribution in [0.3, 0.4) is 0 Å². The van der Waals surface area contributed by atoms with Crippen molar-refractivity contribution >= 4 is 11.6 Å². The van der Waals surface area contributed by atoms with Crippen molar-refractivity contribution in [1.82, 2.24) is 0 Å². The third-order valence-corrected chi connectivity index (χ3v) is 2.61. The van der Waals surface area contributed by atoms with Crippen molar-refractivity contribution in [2.45, 2.75) is 19.0 Å². The number of carbonyl (C=O) groups excluding carboxylic acids is 1. The molecule has 0 saturated carbocycles. The van der Waals surface area contributed by atoms with Gasteiger partial charge in [-0.3, -0.25) is 4.79 Å². The Kier molecular flexibility index (Phi) is 2.70. The number of benzene rings is 1. The van der Waals surface area contributed by atoms with Crippen LogP contribution in [0, 0.1) is 0 Å². The van der Waals surface area contributed by atoms with Crippen molar-refractivity contribution in [3.63, 3.8) is 0 Å². The topological polar surface area (TPSA) is 72.3 Å². The summed E-state index contributed by atoms with van der Waals surface area (Å²) < 4.78 is 0. The summed E-state index contributed by atoms with van der Waals surface area (Å²) in [4.78, 5) is 13.3. The molecule has 1 aliphatic rings. The molecule has 2 rings (SSSR count). The van der Waals surface area contributed by atoms with Crippen molar-refractivity contribution in [1.29, 1.82) is 0 Å². The summed E-state index contributed by atoms with van der Waals surface area (Å²) >= 11 is 0. The number of rotatable bonds is 2. The lowest BCUT2D eigenvalue weighted by Gasteiger charge is -2.16. The number of nitrogens with two attached hydrogens (primary N) is 2. The lowest BCUT2D eigenvalue weighted by Crippen LogP contribution is -2.28. The van der Waals surface area contributed by atoms with Gasteiger partial charge in [-0.2, -0.15) is 0 Å². The largest absolute Gasteiger partial charge is 0.326 e. The maximum atomic E-state index is 11.6. The van der Waals surface area contributed by atoms with Gasteiger partial charge < -0.3 is 16.4 Å². The average Bonchev–Trinajstić information content (AvgIpc) is 2.58. The first kappa shape index (κ1) is 10.1. The number of nitrogens with zero attached hydrogens (tertiary/aromatic N) is 1. The minimum Gasteiger partial charge on any atom is -0.326 e. The van der Waals surface area contributed by atoms with E-state index in [1.807, 2.05) is 24.3 Å². The molecule has 0 aromatic heterocycles. The number of hydrogen-bond acceptors (Lipinski definition) is 3. The second-order valence-corrected chi connectivity index (χ2v) is 3.84. The monoisotopic (exact) mass is 205 g/mol. The molecular formula is C11H15N3O. The Labute approximate surface area is 88.9 Å². The zero-order chi connectivity index (χ0) is 10.8. The highest BCUT2D eigenvalue weighted by Gasteiger charge is 2.27. The molecule has 1 fully saturated rings. The van der Waals surface area contributed by atoms with Crippen molar-refractivity contribution < 1.29 is 4.79 Å². The van der Waals surface area contributed by atoms with E-state index in [4.69, 9.17) is 11.5 Å². The van der Waals surface area contributed by atoms with Crippen LogP contribution in [0.2, 0.25) is 0 Å². The highest BCUT2D eigenvalue weighted by Crippen LogP contribution is 2.21. The summed E-state index contributed by atoms with van der Waals surface area (Å²) in [5.41, 5.74) is 13.2. The highest BCUT2D eigenvalue weighted by molar-refractivity contribution is 5.96. The molecular weight excluding hydrogens is 190 g/mol. The van der Waals surface area contributed by atoms with E-state index in [1.54, 1.807) is 4.90 Å². The van der Waals surface area contributed by atoms with Crippen molar-refractivity contribution in [3.05, 3.63) is 29.8 Å². The van der Waals surface area contributed by atoms with Crippen LogP contribution in [0.25, 0.3) is 0 Å². The van der Waals surface area contributed by atoms with Crippen LogP contribution in [-0.2, 0) is 11.3 Å². The lowest BCUT2D eigenvalue weighted by atomic mass is 10.2. The van der Waals surface area contributed by atoms with Gasteiger partial charge in [-0.15, -0.1) is 0 Å². The fraction of sp³-hybridized carbons (Fsp3) is 0.364. The van der Waals surface area contributed by atoms with Crippen molar-refractivity contribution in [2.75, 3.05) is 11.4 Å². The van der Waals surface area contributed by atoms with E-state index in [0.717, 1.165) is 11.3 Å². The number of anilines is 1. The Balaban J connectivity index is 2.25. The van der Waals surface area contributed by atoms with E-state index in [0.29, 0.717) is 19.5 Å². The molecule has 1 amide bonds. The predicted octanol–water partition coefficient (Wildman–Crippen LogP) is 0.209. The lowest BCUT2D eigenvalue weighted by molar-refractivity contribution is -0.117. The standard InChI is InChI=1S/C11H15N3O/c12-6-8-2-1-3-10(4-8)14-7-9(13)5-11(14)15/h1-4,9H,5-7,12-13H2. The van der Waals surface area contributed by atoms with Gasteiger partial charge in [0.15, 0.2) is 0 Å². The third kappa shape index (κ3) is 2.00. The summed E-state index contributed by atoms with van der Waals surface area (Å²) in [6.45, 7) is 1.09. The molecule has 4 N–H and O–H groups in total. The Morgan fingerprint density at radius 1 is 1.47 bits per heavy atom. The molecule has 1 heterocycles. The second-order valence-electron chi connectivity index (χ2n) is 3.84. The van der Waals surface area contributed by atoms with Gasteiger partial charge in [-0.25, -0.2) is 0 Å². The third-order valence-electron chi connectivity index (χ3n) is 2.61. The summed E-state index contributed by atoms with van der Waals surface area (Å²) in [6.07, 6.45) is 0.437. The van der Waals surface area contributed by atoms with Gasteiger partial charge in [0.1, 0.15) is 0 Å². The van der Waals surface area contributed by atoms with Crippen molar-refractivity contribution in [2.24, 2.45) is 11.5 Å². The van der Waals surface area contributed by atoms with Crippen LogP contribution >= 0.6 is 0 Å². The Hall–Kier alpha value is -1.39. The van der Waals surface area contributed by atoms with Crippen LogP contribution in [0.5, 0.6) is 0 Å². The number of hydrogen-bond donors (Lipinski definition) is 2. The molecule has 15 heavy (non-hydrogen) atoms. The molecule has 0 bridgehead atoms. The maximum Gasteiger partial charge on any atom is 0.228 e. The van der Waals surface area contributed by atoms with E-state index in [9.17, 15) is 4.79 Å². The normalized spacial score (nSPS) is 21.1. The molecule has 1 unspecified atom stereocenters. The smallest absolute Gasteiger partial charge is 0.228 e. The van der Waals surface area contributed by atoms with Crippen LogP contribution in [-0.4, -0.2) is 18.5 Å². The van der Waals surface area contributed by atoms with Crippen LogP contribution < -0.4 is 16.4 Å². The minimum absolute atomic E-state index is 0.0426. The summed E-state index contributed by atoms with van der Waals surface area (Å²) in [5, 5.41) is 0. The first-order chi connectivity index (χ1) is 7.20. The van der Waals surface area contributed by atoms with Gasteiger partial charge in [0, 0.05) is 31.2 Å². The summed E-state index contributed by atoms with van der Waals surface area (Å²) in [6, 6.07) is 7.67. The zero-order valence-corrected chi connectivity index (χ0v) is 8.52. The molecule has 1 saturated heterocycles. The van der Waals surface area contributed by atoms with Crippen molar-refractivity contribution in [3.8, 4) is 0 Å². The summed E-state index contributed by atoms with van der Waals surface area (Å²) in [5.74, 6) is 0.0941. The van der Waals surface area contributed by atoms with Gasteiger partial charge in [-0.1, -0.05) is 12.1 Å². The molecule has 4 heteroatoms. The van der Waals surface area contributed by atoms with Crippen LogP contribution in [0.4, 0.5) is 5.69 Å². The van der Waals surface area contributed by atoms with E-state index >= 15 is 0 Å². The van der Waals surface area contributed by atoms with E-state index in [-0.39, 0.29) is 11.9 Å². The van der Waals surface area contributed by atoms with Gasteiger partial charge >= 0.3 is 0 Å². The van der Waals surface area contributed by atoms with Gasteiger partial charge in [0.05, 0.1) is 0 Å². The molecule has 1 atom stereocenters. The van der Waals surface area contributed by atoms with Crippen LogP contribution in [0.15, 0.2) is 24.3 Å². The van der Waals surface area contributed by atoms with Gasteiger partial charge in [-0.05, 0) is 17.7 Å². The second kappa shape index (κ2) is 4.00. The molecule has 0 spiro atoms. The number of carbonyl (C=O) groups is 1. The SMILES string of the molecule is NCc1cccc(N2CC(N)CC2=O)c1. The van der Waals surface area contributed by atoms with E-state index in [1.165, 1.54) is 0 Å². The average molecular weight is 205 g/mol. The maximum absolute atomic E-state index is 11.6. The molecule has 4 nitrogen and oxygen atoms in total. The Morgan fingerprint density at radius 2 is 2.27 bits per heavy atom. The van der Waals surface area contributed by atoms with E-state index in [2.05, 4.69) is 0 Å². The first-order valence-electron chi connectivity index (χ1n) is 5.05. The molecule has 1 aromatic carbocycles. The first-order valence-corrected chi connectivity index (χ1v) is 5.05. The van der Waals surface area contributed by atoms with E-state index < -0.39 is 0 Å². The minimum atomic E-state index is -0.0426. The quantitative estimate of drug-likeness (QED) is 0.725. The molecule has 1 aliphatic heterocycles. The number of amides is 1. The molecule has 0 aliphatic carbocycles. The Bertz CT molecular complexity index is 378. The summed E-state index contributed by atoms with van der Waals surface area (Å²) in [7, 11) is 0.